The molecule has 0 fully saturated rings. The minimum Gasteiger partial charge on any atom is -0.457 e. The number of carbonyl (C=O) groups is 2. The molecule has 0 aliphatic carbocycles. The average Bonchev–Trinajstić information content (AvgIpc) is 3.13. The number of pyridine rings is 1. The fourth-order valence-electron chi connectivity index (χ4n) is 6.67. The minimum absolute atomic E-state index is 0.00501. The summed E-state index contributed by atoms with van der Waals surface area (Å²) in [7, 11) is 0. The summed E-state index contributed by atoms with van der Waals surface area (Å²) in [5, 5.41) is 0. The van der Waals surface area contributed by atoms with Gasteiger partial charge in [0.15, 0.2) is 6.20 Å². The van der Waals surface area contributed by atoms with Gasteiger partial charge in [-0.15, -0.1) is 4.57 Å². The number of esters is 1. The fraction of sp³-hybridized carbons (Fsp3) is 0.392. The molecule has 0 aliphatic heterocycles. The molecule has 294 valence electrons. The van der Waals surface area contributed by atoms with Crippen LogP contribution in [0.25, 0.3) is 0 Å². The predicted octanol–water partition coefficient (Wildman–Crippen LogP) is 11.4. The first-order valence-corrected chi connectivity index (χ1v) is 20.0. The Morgan fingerprint density at radius 3 is 1.48 bits per heavy atom. The van der Waals surface area contributed by atoms with E-state index < -0.39 is 0 Å². The standard InChI is InChI=1S/C51H63N2O3/c1-48(2,3)41-26-38(27-42(30-41)49(4,5)6)33-52(34-45-20-16-17-25-53(45)46(54)39-18-14-13-15-19-39)32-36-21-23-37(24-22-36)35-56-47(55)40-28-43(50(7,8)9)31-44(29-40)51(10,11)12/h13-31H,32-35H2,1-12H3/q+1. The molecule has 5 rings (SSSR count). The lowest BCUT2D eigenvalue weighted by Crippen LogP contribution is -2.47. The van der Waals surface area contributed by atoms with E-state index in [0.717, 1.165) is 27.9 Å². The lowest BCUT2D eigenvalue weighted by atomic mass is 9.79. The van der Waals surface area contributed by atoms with Crippen molar-refractivity contribution in [2.24, 2.45) is 0 Å². The van der Waals surface area contributed by atoms with Crippen LogP contribution in [0.15, 0.2) is 115 Å². The number of benzene rings is 4. The van der Waals surface area contributed by atoms with Gasteiger partial charge in [-0.05, 0) is 84.9 Å². The maximum atomic E-state index is 13.7. The molecule has 4 aromatic carbocycles. The van der Waals surface area contributed by atoms with Crippen molar-refractivity contribution < 1.29 is 18.9 Å². The maximum Gasteiger partial charge on any atom is 0.424 e. The lowest BCUT2D eigenvalue weighted by molar-refractivity contribution is -0.581. The Bertz CT molecular complexity index is 2070. The molecule has 1 heterocycles. The lowest BCUT2D eigenvalue weighted by Gasteiger charge is -2.28. The van der Waals surface area contributed by atoms with Gasteiger partial charge in [-0.2, -0.15) is 0 Å². The van der Waals surface area contributed by atoms with Crippen LogP contribution in [0.3, 0.4) is 0 Å². The average molecular weight is 752 g/mol. The Hall–Kier alpha value is -4.87. The van der Waals surface area contributed by atoms with Crippen LogP contribution in [0.5, 0.6) is 0 Å². The molecule has 0 spiro atoms. The van der Waals surface area contributed by atoms with Crippen LogP contribution in [0.2, 0.25) is 0 Å². The minimum atomic E-state index is -0.315. The Kier molecular flexibility index (Phi) is 12.6. The number of ether oxygens (including phenoxy) is 1. The summed E-state index contributed by atoms with van der Waals surface area (Å²) in [5.74, 6) is -0.366. The number of nitrogens with zero attached hydrogens (tertiary/aromatic N) is 2. The second-order valence-corrected chi connectivity index (χ2v) is 19.5. The van der Waals surface area contributed by atoms with Gasteiger partial charge in [-0.3, -0.25) is 4.90 Å². The summed E-state index contributed by atoms with van der Waals surface area (Å²) in [4.78, 5) is 29.6. The van der Waals surface area contributed by atoms with Crippen molar-refractivity contribution in [3.8, 4) is 0 Å². The quantitative estimate of drug-likeness (QED) is 0.105. The van der Waals surface area contributed by atoms with Crippen molar-refractivity contribution in [1.82, 2.24) is 4.90 Å². The van der Waals surface area contributed by atoms with Crippen LogP contribution in [-0.4, -0.2) is 16.8 Å². The van der Waals surface area contributed by atoms with Crippen molar-refractivity contribution in [1.29, 1.82) is 0 Å². The van der Waals surface area contributed by atoms with Crippen molar-refractivity contribution in [2.45, 2.75) is 131 Å². The van der Waals surface area contributed by atoms with Gasteiger partial charge < -0.3 is 4.74 Å². The summed E-state index contributed by atoms with van der Waals surface area (Å²) in [6, 6.07) is 36.9. The highest BCUT2D eigenvalue weighted by Crippen LogP contribution is 2.32. The molecule has 0 atom stereocenters. The van der Waals surface area contributed by atoms with Gasteiger partial charge in [0.2, 0.25) is 5.69 Å². The first kappa shape index (κ1) is 42.3. The Morgan fingerprint density at radius 1 is 0.500 bits per heavy atom. The zero-order valence-electron chi connectivity index (χ0n) is 35.9. The van der Waals surface area contributed by atoms with E-state index in [0.29, 0.717) is 30.8 Å². The van der Waals surface area contributed by atoms with Gasteiger partial charge in [0, 0.05) is 25.2 Å². The predicted molar refractivity (Wildman–Crippen MR) is 229 cm³/mol. The monoisotopic (exact) mass is 751 g/mol. The van der Waals surface area contributed by atoms with Gasteiger partial charge in [0.25, 0.3) is 0 Å². The van der Waals surface area contributed by atoms with Crippen LogP contribution in [0, 0.1) is 0 Å². The fourth-order valence-corrected chi connectivity index (χ4v) is 6.67. The number of carbonyl (C=O) groups excluding carboxylic acids is 2. The van der Waals surface area contributed by atoms with Gasteiger partial charge in [-0.25, -0.2) is 9.59 Å². The van der Waals surface area contributed by atoms with Gasteiger partial charge in [0.05, 0.1) is 17.7 Å². The molecule has 0 radical (unpaired) electrons. The van der Waals surface area contributed by atoms with E-state index in [1.165, 1.54) is 16.7 Å². The summed E-state index contributed by atoms with van der Waals surface area (Å²) in [6.07, 6.45) is 1.86. The molecule has 0 amide bonds. The molecule has 0 N–H and O–H groups in total. The highest BCUT2D eigenvalue weighted by atomic mass is 16.5. The number of rotatable bonds is 10. The van der Waals surface area contributed by atoms with Crippen molar-refractivity contribution >= 4 is 11.9 Å². The first-order chi connectivity index (χ1) is 26.1. The van der Waals surface area contributed by atoms with Crippen LogP contribution in [0.1, 0.15) is 148 Å². The van der Waals surface area contributed by atoms with Crippen LogP contribution in [-0.2, 0) is 52.6 Å². The molecular formula is C51H63N2O3+. The normalized spacial score (nSPS) is 12.5. The molecule has 0 aliphatic rings. The van der Waals surface area contributed by atoms with Gasteiger partial charge >= 0.3 is 11.9 Å². The third-order valence-corrected chi connectivity index (χ3v) is 10.4. The highest BCUT2D eigenvalue weighted by molar-refractivity contribution is 5.90. The molecular weight excluding hydrogens is 689 g/mol. The number of aromatic nitrogens is 1. The third kappa shape index (κ3) is 11.1. The summed E-state index contributed by atoms with van der Waals surface area (Å²) in [5.41, 5.74) is 10.1. The molecule has 0 unspecified atom stereocenters. The largest absolute Gasteiger partial charge is 0.457 e. The van der Waals surface area contributed by atoms with Gasteiger partial charge in [-0.1, -0.05) is 156 Å². The number of hydrogen-bond donors (Lipinski definition) is 0. The highest BCUT2D eigenvalue weighted by Gasteiger charge is 2.26. The molecule has 0 bridgehead atoms. The molecule has 0 saturated carbocycles. The molecule has 5 aromatic rings. The van der Waals surface area contributed by atoms with E-state index >= 15 is 0 Å². The van der Waals surface area contributed by atoms with E-state index in [-0.39, 0.29) is 40.1 Å². The van der Waals surface area contributed by atoms with E-state index in [9.17, 15) is 9.59 Å². The Balaban J connectivity index is 1.41. The summed E-state index contributed by atoms with van der Waals surface area (Å²) >= 11 is 0. The molecule has 56 heavy (non-hydrogen) atoms. The van der Waals surface area contributed by atoms with E-state index in [1.54, 1.807) is 4.57 Å². The van der Waals surface area contributed by atoms with E-state index in [1.807, 2.05) is 79.0 Å². The van der Waals surface area contributed by atoms with Crippen molar-refractivity contribution in [3.63, 3.8) is 0 Å². The number of hydrogen-bond acceptors (Lipinski definition) is 4. The maximum absolute atomic E-state index is 13.7. The summed E-state index contributed by atoms with van der Waals surface area (Å²) in [6.45, 7) is 28.7. The van der Waals surface area contributed by atoms with E-state index in [2.05, 4.69) is 124 Å². The first-order valence-electron chi connectivity index (χ1n) is 20.0. The molecule has 0 saturated heterocycles. The summed E-state index contributed by atoms with van der Waals surface area (Å²) < 4.78 is 7.67. The Labute approximate surface area is 336 Å². The van der Waals surface area contributed by atoms with Crippen LogP contribution in [0.4, 0.5) is 0 Å². The zero-order chi connectivity index (χ0) is 41.1. The Morgan fingerprint density at radius 2 is 0.964 bits per heavy atom. The zero-order valence-corrected chi connectivity index (χ0v) is 35.9. The van der Waals surface area contributed by atoms with Crippen LogP contribution >= 0.6 is 0 Å². The topological polar surface area (TPSA) is 50.5 Å². The third-order valence-electron chi connectivity index (χ3n) is 10.4. The molecule has 1 aromatic heterocycles. The smallest absolute Gasteiger partial charge is 0.424 e. The second-order valence-electron chi connectivity index (χ2n) is 19.5. The van der Waals surface area contributed by atoms with Crippen molar-refractivity contribution in [3.05, 3.63) is 171 Å². The van der Waals surface area contributed by atoms with Crippen LogP contribution < -0.4 is 4.57 Å². The van der Waals surface area contributed by atoms with E-state index in [4.69, 9.17) is 4.74 Å². The molecule has 5 heteroatoms. The van der Waals surface area contributed by atoms with Gasteiger partial charge in [0.1, 0.15) is 6.61 Å². The SMILES string of the molecule is CC(C)(C)c1cc(CN(Cc2ccc(COC(=O)c3cc(C(C)(C)C)cc(C(C)(C)C)c3)cc2)Cc2cccc[n+]2C(=O)c2ccccc2)cc(C(C)(C)C)c1. The molecule has 5 nitrogen and oxygen atoms in total. The second kappa shape index (κ2) is 16.7. The van der Waals surface area contributed by atoms with Crippen molar-refractivity contribution in [2.75, 3.05) is 0 Å².